The molecule has 2 bridgehead atoms. The zero-order valence-electron chi connectivity index (χ0n) is 9.67. The summed E-state index contributed by atoms with van der Waals surface area (Å²) in [4.78, 5) is 13.1. The van der Waals surface area contributed by atoms with Crippen LogP contribution in [0.4, 0.5) is 9.18 Å². The van der Waals surface area contributed by atoms with Gasteiger partial charge in [0.05, 0.1) is 12.6 Å². The molecule has 2 atom stereocenters. The maximum absolute atomic E-state index is 14.3. The summed E-state index contributed by atoms with van der Waals surface area (Å²) >= 11 is 0. The minimum absolute atomic E-state index is 0.0344. The van der Waals surface area contributed by atoms with Crippen molar-refractivity contribution in [2.75, 3.05) is 19.7 Å². The molecule has 0 aromatic heterocycles. The van der Waals surface area contributed by atoms with Crippen LogP contribution in [0.1, 0.15) is 32.6 Å². The van der Waals surface area contributed by atoms with E-state index < -0.39 is 11.9 Å². The van der Waals surface area contributed by atoms with Gasteiger partial charge in [-0.1, -0.05) is 13.3 Å². The van der Waals surface area contributed by atoms with E-state index in [1.165, 1.54) is 4.90 Å². The Balaban J connectivity index is 1.95. The van der Waals surface area contributed by atoms with Gasteiger partial charge in [-0.15, -0.1) is 0 Å². The van der Waals surface area contributed by atoms with Gasteiger partial charge in [-0.05, 0) is 12.8 Å². The molecule has 2 fully saturated rings. The molecule has 1 amide bonds. The fourth-order valence-electron chi connectivity index (χ4n) is 2.45. The third kappa shape index (κ3) is 2.00. The highest BCUT2D eigenvalue weighted by atomic mass is 19.1. The molecule has 4 nitrogen and oxygen atoms in total. The minimum Gasteiger partial charge on any atom is -0.449 e. The molecule has 2 rings (SSSR count). The molecule has 0 aromatic rings. The van der Waals surface area contributed by atoms with E-state index in [2.05, 4.69) is 5.32 Å². The highest BCUT2D eigenvalue weighted by Gasteiger charge is 2.52. The number of nitrogens with one attached hydrogen (secondary N) is 1. The molecule has 2 saturated heterocycles. The number of halogens is 1. The lowest BCUT2D eigenvalue weighted by Gasteiger charge is -2.38. The summed E-state index contributed by atoms with van der Waals surface area (Å²) in [7, 11) is 0. The van der Waals surface area contributed by atoms with Crippen LogP contribution in [-0.2, 0) is 4.74 Å². The lowest BCUT2D eigenvalue weighted by atomic mass is 10.2. The second-order valence-corrected chi connectivity index (χ2v) is 4.58. The average molecular weight is 230 g/mol. The Morgan fingerprint density at radius 3 is 3.19 bits per heavy atom. The van der Waals surface area contributed by atoms with Gasteiger partial charge in [0.2, 0.25) is 0 Å². The Morgan fingerprint density at radius 2 is 2.50 bits per heavy atom. The van der Waals surface area contributed by atoms with Crippen LogP contribution in [0.3, 0.4) is 0 Å². The van der Waals surface area contributed by atoms with E-state index in [1.807, 2.05) is 6.92 Å². The molecule has 2 aliphatic rings. The Hall–Kier alpha value is -0.840. The lowest BCUT2D eigenvalue weighted by Crippen LogP contribution is -2.60. The topological polar surface area (TPSA) is 41.6 Å². The van der Waals surface area contributed by atoms with Gasteiger partial charge in [0.1, 0.15) is 0 Å². The molecule has 0 radical (unpaired) electrons. The molecule has 0 aliphatic carbocycles. The maximum atomic E-state index is 14.3. The quantitative estimate of drug-likeness (QED) is 0.592. The molecule has 92 valence electrons. The van der Waals surface area contributed by atoms with Crippen LogP contribution in [0.5, 0.6) is 0 Å². The Kier molecular flexibility index (Phi) is 3.33. The number of alkyl halides is 1. The van der Waals surface area contributed by atoms with Crippen LogP contribution < -0.4 is 5.32 Å². The number of unbranched alkanes of at least 4 members (excludes halogenated alkanes) is 1. The monoisotopic (exact) mass is 230 g/mol. The predicted octanol–water partition coefficient (Wildman–Crippen LogP) is 1.66. The normalized spacial score (nSPS) is 32.9. The van der Waals surface area contributed by atoms with E-state index in [4.69, 9.17) is 4.74 Å². The number of amides is 1. The van der Waals surface area contributed by atoms with E-state index >= 15 is 0 Å². The third-order valence-corrected chi connectivity index (χ3v) is 3.35. The molecule has 0 spiro atoms. The number of carbonyl (C=O) groups excluding carboxylic acids is 1. The number of carbonyl (C=O) groups is 1. The molecule has 0 saturated carbocycles. The highest BCUT2D eigenvalue weighted by molar-refractivity contribution is 5.69. The van der Waals surface area contributed by atoms with E-state index in [0.717, 1.165) is 19.3 Å². The second kappa shape index (κ2) is 4.57. The second-order valence-electron chi connectivity index (χ2n) is 4.58. The zero-order valence-corrected chi connectivity index (χ0v) is 9.67. The molecular formula is C11H19FN2O2. The van der Waals surface area contributed by atoms with Crippen molar-refractivity contribution in [1.82, 2.24) is 10.2 Å². The van der Waals surface area contributed by atoms with Gasteiger partial charge < -0.3 is 10.1 Å². The summed E-state index contributed by atoms with van der Waals surface area (Å²) in [6.45, 7) is 3.32. The van der Waals surface area contributed by atoms with Gasteiger partial charge in [-0.25, -0.2) is 9.18 Å². The van der Waals surface area contributed by atoms with Crippen molar-refractivity contribution >= 4 is 6.09 Å². The third-order valence-electron chi connectivity index (χ3n) is 3.35. The number of rotatable bonds is 3. The van der Waals surface area contributed by atoms with Gasteiger partial charge in [0, 0.05) is 19.5 Å². The summed E-state index contributed by atoms with van der Waals surface area (Å²) in [6, 6.07) is -0.0344. The lowest BCUT2D eigenvalue weighted by molar-refractivity contribution is -0.0336. The van der Waals surface area contributed by atoms with Gasteiger partial charge in [-0.2, -0.15) is 0 Å². The fraction of sp³-hybridized carbons (Fsp3) is 0.909. The predicted molar refractivity (Wildman–Crippen MR) is 57.8 cm³/mol. The molecule has 0 aromatic carbocycles. The first-order valence-corrected chi connectivity index (χ1v) is 6.03. The molecule has 1 N–H and O–H groups in total. The van der Waals surface area contributed by atoms with Crippen molar-refractivity contribution in [2.45, 2.75) is 44.4 Å². The summed E-state index contributed by atoms with van der Waals surface area (Å²) in [6.07, 6.45) is 2.47. The summed E-state index contributed by atoms with van der Waals surface area (Å²) < 4.78 is 19.4. The molecule has 2 unspecified atom stereocenters. The first kappa shape index (κ1) is 11.6. The van der Waals surface area contributed by atoms with E-state index in [1.54, 1.807) is 0 Å². The van der Waals surface area contributed by atoms with Crippen molar-refractivity contribution in [2.24, 2.45) is 0 Å². The SMILES string of the molecule is CCCCOC(=O)N1C2CCC1(F)CNC2. The molecule has 5 heteroatoms. The Morgan fingerprint density at radius 1 is 1.69 bits per heavy atom. The van der Waals surface area contributed by atoms with Crippen LogP contribution in [0, 0.1) is 0 Å². The van der Waals surface area contributed by atoms with Gasteiger partial charge in [0.15, 0.2) is 5.79 Å². The van der Waals surface area contributed by atoms with Crippen molar-refractivity contribution in [3.8, 4) is 0 Å². The Labute approximate surface area is 95.1 Å². The number of ether oxygens (including phenoxy) is 1. The van der Waals surface area contributed by atoms with Crippen LogP contribution in [-0.4, -0.2) is 42.5 Å². The maximum Gasteiger partial charge on any atom is 0.412 e. The van der Waals surface area contributed by atoms with Crippen molar-refractivity contribution in [3.63, 3.8) is 0 Å². The van der Waals surface area contributed by atoms with E-state index in [0.29, 0.717) is 19.6 Å². The van der Waals surface area contributed by atoms with Gasteiger partial charge in [-0.3, -0.25) is 4.90 Å². The van der Waals surface area contributed by atoms with E-state index in [-0.39, 0.29) is 12.6 Å². The number of fused-ring (bicyclic) bond motifs is 2. The molecule has 16 heavy (non-hydrogen) atoms. The minimum atomic E-state index is -1.52. The largest absolute Gasteiger partial charge is 0.449 e. The van der Waals surface area contributed by atoms with Crippen LogP contribution in [0.15, 0.2) is 0 Å². The highest BCUT2D eigenvalue weighted by Crippen LogP contribution is 2.37. The Bertz CT molecular complexity index is 271. The number of hydrogen-bond donors (Lipinski definition) is 1. The molecule has 2 heterocycles. The number of piperazine rings is 1. The van der Waals surface area contributed by atoms with Crippen LogP contribution >= 0.6 is 0 Å². The van der Waals surface area contributed by atoms with E-state index in [9.17, 15) is 9.18 Å². The van der Waals surface area contributed by atoms with Crippen molar-refractivity contribution in [3.05, 3.63) is 0 Å². The van der Waals surface area contributed by atoms with Crippen LogP contribution in [0.2, 0.25) is 0 Å². The van der Waals surface area contributed by atoms with Crippen LogP contribution in [0.25, 0.3) is 0 Å². The molecule has 2 aliphatic heterocycles. The van der Waals surface area contributed by atoms with Crippen molar-refractivity contribution in [1.29, 1.82) is 0 Å². The smallest absolute Gasteiger partial charge is 0.412 e. The average Bonchev–Trinajstić information content (AvgIpc) is 2.45. The number of hydrogen-bond acceptors (Lipinski definition) is 3. The summed E-state index contributed by atoms with van der Waals surface area (Å²) in [5, 5.41) is 3.01. The fourth-order valence-corrected chi connectivity index (χ4v) is 2.45. The number of nitrogens with zero attached hydrogens (tertiary/aromatic N) is 1. The van der Waals surface area contributed by atoms with Crippen molar-refractivity contribution < 1.29 is 13.9 Å². The molecular weight excluding hydrogens is 211 g/mol. The first-order valence-electron chi connectivity index (χ1n) is 6.03. The van der Waals surface area contributed by atoms with Gasteiger partial charge >= 0.3 is 6.09 Å². The summed E-state index contributed by atoms with van der Waals surface area (Å²) in [5.41, 5.74) is 0. The first-order chi connectivity index (χ1) is 7.67. The standard InChI is InChI=1S/C11H19FN2O2/c1-2-3-6-16-10(15)14-9-4-5-11(14,12)8-13-7-9/h9,13H,2-8H2,1H3. The summed E-state index contributed by atoms with van der Waals surface area (Å²) in [5.74, 6) is -1.52. The van der Waals surface area contributed by atoms with Gasteiger partial charge in [0.25, 0.3) is 0 Å². The zero-order chi connectivity index (χ0) is 11.6.